The molecule has 0 bridgehead atoms. The van der Waals surface area contributed by atoms with Crippen LogP contribution in [0.3, 0.4) is 0 Å². The molecule has 0 fully saturated rings. The van der Waals surface area contributed by atoms with Crippen LogP contribution in [0, 0.1) is 0 Å². The number of ether oxygens (including phenoxy) is 1. The van der Waals surface area contributed by atoms with Gasteiger partial charge < -0.3 is 10.1 Å². The molecule has 0 aliphatic carbocycles. The fourth-order valence-corrected chi connectivity index (χ4v) is 1.84. The van der Waals surface area contributed by atoms with Crippen LogP contribution in [-0.4, -0.2) is 33.6 Å². The number of benzene rings is 1. The van der Waals surface area contributed by atoms with Crippen molar-refractivity contribution in [2.75, 3.05) is 12.4 Å². The molecule has 0 radical (unpaired) electrons. The Morgan fingerprint density at radius 2 is 2.15 bits per heavy atom. The second-order valence-corrected chi connectivity index (χ2v) is 4.01. The summed E-state index contributed by atoms with van der Waals surface area (Å²) < 4.78 is 4.99. The Hall–Kier alpha value is -2.96. The molecular formula is C13H11N5O2. The molecule has 1 aromatic carbocycles. The standard InChI is InChI=1S/C13H11N5O2/c1-20-12-6-10(17-18-12)15-13-8-4-2-3-5-9(8)14-11(7-19)16-13/h2-7H,1H3,(H2,14,15,16,17,18). The van der Waals surface area contributed by atoms with E-state index in [0.717, 1.165) is 5.39 Å². The number of aromatic nitrogens is 4. The number of carbonyl (C=O) groups is 1. The molecule has 0 aliphatic heterocycles. The Labute approximate surface area is 114 Å². The zero-order chi connectivity index (χ0) is 13.9. The molecular weight excluding hydrogens is 258 g/mol. The highest BCUT2D eigenvalue weighted by molar-refractivity contribution is 5.92. The molecule has 20 heavy (non-hydrogen) atoms. The quantitative estimate of drug-likeness (QED) is 0.703. The number of carbonyl (C=O) groups excluding carboxylic acids is 1. The smallest absolute Gasteiger partial charge is 0.234 e. The van der Waals surface area contributed by atoms with Gasteiger partial charge in [0.15, 0.2) is 12.1 Å². The van der Waals surface area contributed by atoms with Gasteiger partial charge in [-0.2, -0.15) is 0 Å². The highest BCUT2D eigenvalue weighted by Crippen LogP contribution is 2.23. The molecule has 2 N–H and O–H groups in total. The van der Waals surface area contributed by atoms with Crippen LogP contribution < -0.4 is 10.1 Å². The van der Waals surface area contributed by atoms with E-state index in [1.165, 1.54) is 7.11 Å². The molecule has 3 rings (SSSR count). The van der Waals surface area contributed by atoms with Crippen molar-refractivity contribution in [1.29, 1.82) is 0 Å². The number of para-hydroxylation sites is 1. The van der Waals surface area contributed by atoms with Gasteiger partial charge in [0.25, 0.3) is 0 Å². The van der Waals surface area contributed by atoms with Crippen molar-refractivity contribution in [2.45, 2.75) is 0 Å². The summed E-state index contributed by atoms with van der Waals surface area (Å²) in [4.78, 5) is 19.2. The summed E-state index contributed by atoms with van der Waals surface area (Å²) >= 11 is 0. The second kappa shape index (κ2) is 4.96. The van der Waals surface area contributed by atoms with E-state index in [-0.39, 0.29) is 5.82 Å². The SMILES string of the molecule is COc1cc(Nc2nc(C=O)nc3ccccc23)[nH]n1. The Balaban J connectivity index is 2.07. The van der Waals surface area contributed by atoms with Crippen LogP contribution in [0.4, 0.5) is 11.6 Å². The first-order valence-electron chi connectivity index (χ1n) is 5.88. The predicted molar refractivity (Wildman–Crippen MR) is 73.3 cm³/mol. The van der Waals surface area contributed by atoms with Crippen LogP contribution in [0.25, 0.3) is 10.9 Å². The third-order valence-electron chi connectivity index (χ3n) is 2.74. The van der Waals surface area contributed by atoms with Crippen LogP contribution in [0.1, 0.15) is 10.6 Å². The zero-order valence-electron chi connectivity index (χ0n) is 10.6. The van der Waals surface area contributed by atoms with Crippen LogP contribution in [-0.2, 0) is 0 Å². The van der Waals surface area contributed by atoms with Crippen molar-refractivity contribution in [3.8, 4) is 5.88 Å². The van der Waals surface area contributed by atoms with E-state index < -0.39 is 0 Å². The number of hydrogen-bond acceptors (Lipinski definition) is 6. The van der Waals surface area contributed by atoms with Crippen molar-refractivity contribution >= 4 is 28.8 Å². The number of nitrogens with zero attached hydrogens (tertiary/aromatic N) is 3. The van der Waals surface area contributed by atoms with Crippen LogP contribution >= 0.6 is 0 Å². The minimum atomic E-state index is 0.123. The van der Waals surface area contributed by atoms with Gasteiger partial charge in [0.2, 0.25) is 5.88 Å². The molecule has 0 unspecified atom stereocenters. The first kappa shape index (κ1) is 12.1. The van der Waals surface area contributed by atoms with Gasteiger partial charge in [0.05, 0.1) is 12.6 Å². The normalized spacial score (nSPS) is 10.4. The van der Waals surface area contributed by atoms with Gasteiger partial charge in [-0.05, 0) is 12.1 Å². The first-order chi connectivity index (χ1) is 9.80. The average molecular weight is 269 g/mol. The van der Waals surface area contributed by atoms with Gasteiger partial charge in [-0.3, -0.25) is 9.89 Å². The first-order valence-corrected chi connectivity index (χ1v) is 5.88. The summed E-state index contributed by atoms with van der Waals surface area (Å²) in [5, 5.41) is 10.6. The molecule has 0 saturated heterocycles. The Kier molecular flexibility index (Phi) is 3.00. The molecule has 0 amide bonds. The number of anilines is 2. The van der Waals surface area contributed by atoms with E-state index in [9.17, 15) is 4.79 Å². The number of nitrogens with one attached hydrogen (secondary N) is 2. The van der Waals surface area contributed by atoms with Gasteiger partial charge in [-0.1, -0.05) is 12.1 Å². The fourth-order valence-electron chi connectivity index (χ4n) is 1.84. The third kappa shape index (κ3) is 2.16. The highest BCUT2D eigenvalue weighted by atomic mass is 16.5. The molecule has 100 valence electrons. The lowest BCUT2D eigenvalue weighted by Gasteiger charge is -2.06. The Morgan fingerprint density at radius 3 is 2.90 bits per heavy atom. The van der Waals surface area contributed by atoms with E-state index in [1.807, 2.05) is 24.3 Å². The van der Waals surface area contributed by atoms with Crippen LogP contribution in [0.15, 0.2) is 30.3 Å². The molecule has 2 heterocycles. The summed E-state index contributed by atoms with van der Waals surface area (Å²) in [5.41, 5.74) is 0.693. The largest absolute Gasteiger partial charge is 0.480 e. The number of fused-ring (bicyclic) bond motifs is 1. The van der Waals surface area contributed by atoms with Crippen molar-refractivity contribution in [3.63, 3.8) is 0 Å². The van der Waals surface area contributed by atoms with E-state index in [0.29, 0.717) is 29.3 Å². The summed E-state index contributed by atoms with van der Waals surface area (Å²) in [6, 6.07) is 9.12. The van der Waals surface area contributed by atoms with Crippen molar-refractivity contribution in [1.82, 2.24) is 20.2 Å². The maximum atomic E-state index is 10.9. The maximum absolute atomic E-state index is 10.9. The fraction of sp³-hybridized carbons (Fsp3) is 0.0769. The molecule has 0 aliphatic rings. The molecule has 0 spiro atoms. The second-order valence-electron chi connectivity index (χ2n) is 4.01. The average Bonchev–Trinajstić information content (AvgIpc) is 2.94. The third-order valence-corrected chi connectivity index (χ3v) is 2.74. The number of rotatable bonds is 4. The lowest BCUT2D eigenvalue weighted by molar-refractivity contribution is 0.111. The lowest BCUT2D eigenvalue weighted by atomic mass is 10.2. The van der Waals surface area contributed by atoms with E-state index in [2.05, 4.69) is 25.5 Å². The topological polar surface area (TPSA) is 92.8 Å². The van der Waals surface area contributed by atoms with E-state index in [4.69, 9.17) is 4.74 Å². The van der Waals surface area contributed by atoms with E-state index in [1.54, 1.807) is 6.07 Å². The van der Waals surface area contributed by atoms with E-state index >= 15 is 0 Å². The van der Waals surface area contributed by atoms with Crippen LogP contribution in [0.5, 0.6) is 5.88 Å². The molecule has 2 aromatic heterocycles. The minimum absolute atomic E-state index is 0.123. The van der Waals surface area contributed by atoms with Gasteiger partial charge in [0.1, 0.15) is 11.6 Å². The maximum Gasteiger partial charge on any atom is 0.234 e. The molecule has 0 saturated carbocycles. The molecule has 7 heteroatoms. The molecule has 7 nitrogen and oxygen atoms in total. The van der Waals surface area contributed by atoms with Crippen LogP contribution in [0.2, 0.25) is 0 Å². The number of aldehydes is 1. The zero-order valence-corrected chi connectivity index (χ0v) is 10.6. The predicted octanol–water partition coefficient (Wildman–Crippen LogP) is 1.92. The summed E-state index contributed by atoms with van der Waals surface area (Å²) in [7, 11) is 1.53. The van der Waals surface area contributed by atoms with Crippen molar-refractivity contribution < 1.29 is 9.53 Å². The minimum Gasteiger partial charge on any atom is -0.480 e. The summed E-state index contributed by atoms with van der Waals surface area (Å²) in [6.45, 7) is 0. The highest BCUT2D eigenvalue weighted by Gasteiger charge is 2.08. The monoisotopic (exact) mass is 269 g/mol. The Bertz CT molecular complexity index is 768. The lowest BCUT2D eigenvalue weighted by Crippen LogP contribution is -2.01. The van der Waals surface area contributed by atoms with Gasteiger partial charge in [-0.25, -0.2) is 9.97 Å². The van der Waals surface area contributed by atoms with Crippen molar-refractivity contribution in [3.05, 3.63) is 36.2 Å². The summed E-state index contributed by atoms with van der Waals surface area (Å²) in [6.07, 6.45) is 0.616. The van der Waals surface area contributed by atoms with Gasteiger partial charge in [0, 0.05) is 11.5 Å². The molecule has 3 aromatic rings. The van der Waals surface area contributed by atoms with Crippen molar-refractivity contribution in [2.24, 2.45) is 0 Å². The van der Waals surface area contributed by atoms with Gasteiger partial charge in [-0.15, -0.1) is 5.10 Å². The number of aromatic amines is 1. The summed E-state index contributed by atoms with van der Waals surface area (Å²) in [5.74, 6) is 1.73. The Morgan fingerprint density at radius 1 is 1.30 bits per heavy atom. The molecule has 0 atom stereocenters. The number of methoxy groups -OCH3 is 1. The number of H-pyrrole nitrogens is 1. The van der Waals surface area contributed by atoms with Gasteiger partial charge >= 0.3 is 0 Å². The number of hydrogen-bond donors (Lipinski definition) is 2.